The molecule has 0 N–H and O–H groups in total. The van der Waals surface area contributed by atoms with E-state index >= 15 is 0 Å². The van der Waals surface area contributed by atoms with Gasteiger partial charge in [0.1, 0.15) is 24.1 Å². The summed E-state index contributed by atoms with van der Waals surface area (Å²) in [4.78, 5) is 4.09. The van der Waals surface area contributed by atoms with Crippen molar-refractivity contribution in [1.82, 2.24) is 4.98 Å². The fraction of sp³-hybridized carbons (Fsp3) is 0.273. The predicted molar refractivity (Wildman–Crippen MR) is 74.8 cm³/mol. The first-order chi connectivity index (χ1) is 8.31. The molecule has 0 aliphatic carbocycles. The minimum Gasteiger partial charge on any atom is -0.490 e. The Hall–Kier alpha value is -0.960. The van der Waals surface area contributed by atoms with Gasteiger partial charge in [-0.2, -0.15) is 5.26 Å². The minimum absolute atomic E-state index is 0.415. The first kappa shape index (κ1) is 14.1. The summed E-state index contributed by atoms with van der Waals surface area (Å²) < 4.78 is 10.2. The molecule has 17 heavy (non-hydrogen) atoms. The summed E-state index contributed by atoms with van der Waals surface area (Å²) in [6, 6.07) is 3.68. The lowest BCUT2D eigenvalue weighted by Crippen LogP contribution is -2.05. The van der Waals surface area contributed by atoms with Crippen LogP contribution in [0.1, 0.15) is 11.3 Å². The van der Waals surface area contributed by atoms with Crippen LogP contribution < -0.4 is 4.74 Å². The van der Waals surface area contributed by atoms with Crippen molar-refractivity contribution < 1.29 is 9.47 Å². The Morgan fingerprint density at radius 2 is 2.35 bits per heavy atom. The Morgan fingerprint density at radius 3 is 3.00 bits per heavy atom. The molecule has 0 unspecified atom stereocenters. The van der Waals surface area contributed by atoms with Gasteiger partial charge in [0.25, 0.3) is 0 Å². The third-order valence-corrected chi connectivity index (χ3v) is 2.59. The smallest absolute Gasteiger partial charge is 0.139 e. The van der Waals surface area contributed by atoms with E-state index in [1.54, 1.807) is 19.4 Å². The molecule has 0 amide bonds. The van der Waals surface area contributed by atoms with Gasteiger partial charge >= 0.3 is 0 Å². The van der Waals surface area contributed by atoms with Crippen LogP contribution >= 0.6 is 30.1 Å². The number of nitriles is 1. The van der Waals surface area contributed by atoms with Crippen LogP contribution in [0.25, 0.3) is 0 Å². The topological polar surface area (TPSA) is 55.1 Å². The largest absolute Gasteiger partial charge is 0.490 e. The van der Waals surface area contributed by atoms with E-state index in [0.717, 1.165) is 0 Å². The van der Waals surface area contributed by atoms with Crippen LogP contribution in [0.15, 0.2) is 12.3 Å². The van der Waals surface area contributed by atoms with Crippen LogP contribution in [-0.4, -0.2) is 25.3 Å². The minimum atomic E-state index is 0.415. The van der Waals surface area contributed by atoms with Crippen molar-refractivity contribution in [1.29, 1.82) is 5.26 Å². The van der Waals surface area contributed by atoms with Crippen LogP contribution in [0.3, 0.4) is 0 Å². The highest BCUT2D eigenvalue weighted by Gasteiger charge is 2.03. The van der Waals surface area contributed by atoms with Crippen molar-refractivity contribution in [2.45, 2.75) is 0 Å². The van der Waals surface area contributed by atoms with E-state index in [1.165, 1.54) is 8.93 Å². The highest BCUT2D eigenvalue weighted by atomic mass is 127. The highest BCUT2D eigenvalue weighted by molar-refractivity contribution is 14.2. The molecule has 1 aromatic heterocycles. The van der Waals surface area contributed by atoms with Gasteiger partial charge in [-0.25, -0.2) is 4.98 Å². The maximum absolute atomic E-state index is 8.97. The van der Waals surface area contributed by atoms with E-state index in [1.807, 2.05) is 6.07 Å². The van der Waals surface area contributed by atoms with E-state index in [2.05, 4.69) is 37.4 Å². The second kappa shape index (κ2) is 8.18. The number of methoxy groups -OCH3 is 1. The van der Waals surface area contributed by atoms with Crippen molar-refractivity contribution >= 4 is 30.1 Å². The molecule has 0 radical (unpaired) electrons. The number of halogens is 1. The van der Waals surface area contributed by atoms with Crippen LogP contribution in [0, 0.1) is 22.5 Å². The molecule has 0 saturated heterocycles. The van der Waals surface area contributed by atoms with Crippen molar-refractivity contribution in [2.75, 3.05) is 20.3 Å². The Balaban J connectivity index is 2.82. The summed E-state index contributed by atoms with van der Waals surface area (Å²) in [6.45, 7) is 0.923. The van der Waals surface area contributed by atoms with Crippen LogP contribution in [-0.2, 0) is 4.74 Å². The molecule has 0 fully saturated rings. The van der Waals surface area contributed by atoms with Gasteiger partial charge in [-0.05, 0) is 20.1 Å². The molecule has 0 spiro atoms. The number of ether oxygens (including phenoxy) is 2. The number of hydrogen-bond donors (Lipinski definition) is 0. The van der Waals surface area contributed by atoms with Gasteiger partial charge in [-0.1, -0.05) is 0 Å². The van der Waals surface area contributed by atoms with Gasteiger partial charge in [0.15, 0.2) is 0 Å². The van der Waals surface area contributed by atoms with E-state index in [-0.39, 0.29) is 0 Å². The lowest BCUT2D eigenvalue weighted by atomic mass is 10.2. The van der Waals surface area contributed by atoms with Crippen LogP contribution in [0.4, 0.5) is 0 Å². The molecule has 6 heteroatoms. The Kier molecular flexibility index (Phi) is 6.78. The fourth-order valence-corrected chi connectivity index (χ4v) is 1.49. The van der Waals surface area contributed by atoms with E-state index in [9.17, 15) is 0 Å². The average molecular weight is 360 g/mol. The molecule has 0 saturated carbocycles. The second-order valence-electron chi connectivity index (χ2n) is 2.82. The molecular weight excluding hydrogens is 351 g/mol. The molecule has 0 bridgehead atoms. The first-order valence-electron chi connectivity index (χ1n) is 4.62. The number of nitrogens with zero attached hydrogens (tertiary/aromatic N) is 2. The number of rotatable bonds is 4. The number of hydrogen-bond acceptors (Lipinski definition) is 5. The van der Waals surface area contributed by atoms with Gasteiger partial charge < -0.3 is 9.47 Å². The molecule has 4 nitrogen and oxygen atoms in total. The zero-order valence-corrected chi connectivity index (χ0v) is 12.0. The van der Waals surface area contributed by atoms with E-state index in [4.69, 9.17) is 14.7 Å². The molecule has 88 valence electrons. The number of aromatic nitrogens is 1. The van der Waals surface area contributed by atoms with Crippen molar-refractivity contribution in [3.8, 4) is 23.0 Å². The monoisotopic (exact) mass is 360 g/mol. The number of pyridine rings is 1. The average Bonchev–Trinajstić information content (AvgIpc) is 2.37. The SMILES string of the molecule is COCCOc1cnc(C#CSI)c(C#N)c1. The van der Waals surface area contributed by atoms with E-state index in [0.29, 0.717) is 30.2 Å². The normalized spacial score (nSPS) is 9.00. The molecule has 1 aromatic rings. The Morgan fingerprint density at radius 1 is 1.53 bits per heavy atom. The highest BCUT2D eigenvalue weighted by Crippen LogP contribution is 2.15. The van der Waals surface area contributed by atoms with Gasteiger partial charge in [0.05, 0.1) is 18.4 Å². The Labute approximate surface area is 116 Å². The second-order valence-corrected chi connectivity index (χ2v) is 4.50. The van der Waals surface area contributed by atoms with Gasteiger partial charge in [0.2, 0.25) is 0 Å². The molecule has 1 rings (SSSR count). The standard InChI is InChI=1S/C11H9IN2O2S/c1-15-3-4-16-10-6-9(7-13)11(14-8-10)2-5-17-12/h6,8H,3-4H2,1H3. The van der Waals surface area contributed by atoms with Crippen LogP contribution in [0.2, 0.25) is 0 Å². The predicted octanol–water partition coefficient (Wildman–Crippen LogP) is 2.37. The molecule has 0 aliphatic heterocycles. The first-order valence-corrected chi connectivity index (χ1v) is 7.98. The molecule has 1 heterocycles. The zero-order chi connectivity index (χ0) is 12.5. The lowest BCUT2D eigenvalue weighted by molar-refractivity contribution is 0.146. The third kappa shape index (κ3) is 4.82. The summed E-state index contributed by atoms with van der Waals surface area (Å²) in [5.74, 6) is 3.35. The summed E-state index contributed by atoms with van der Waals surface area (Å²) in [7, 11) is 2.95. The zero-order valence-electron chi connectivity index (χ0n) is 9.07. The summed E-state index contributed by atoms with van der Waals surface area (Å²) in [6.07, 6.45) is 1.55. The molecular formula is C11H9IN2O2S. The quantitative estimate of drug-likeness (QED) is 0.469. The maximum Gasteiger partial charge on any atom is 0.139 e. The molecule has 0 aliphatic rings. The van der Waals surface area contributed by atoms with Crippen molar-refractivity contribution in [2.24, 2.45) is 0 Å². The van der Waals surface area contributed by atoms with E-state index < -0.39 is 0 Å². The van der Waals surface area contributed by atoms with Crippen molar-refractivity contribution in [3.05, 3.63) is 23.5 Å². The van der Waals surface area contributed by atoms with Gasteiger partial charge in [0, 0.05) is 34.4 Å². The summed E-state index contributed by atoms with van der Waals surface area (Å²) >= 11 is 2.06. The van der Waals surface area contributed by atoms with Crippen molar-refractivity contribution in [3.63, 3.8) is 0 Å². The Bertz CT molecular complexity index is 477. The summed E-state index contributed by atoms with van der Waals surface area (Å²) in [5, 5.41) is 11.8. The van der Waals surface area contributed by atoms with Gasteiger partial charge in [-0.3, -0.25) is 0 Å². The molecule has 0 aromatic carbocycles. The fourth-order valence-electron chi connectivity index (χ4n) is 1.02. The van der Waals surface area contributed by atoms with Gasteiger partial charge in [-0.15, -0.1) is 0 Å². The molecule has 0 atom stereocenters. The maximum atomic E-state index is 8.97. The van der Waals surface area contributed by atoms with Crippen LogP contribution in [0.5, 0.6) is 5.75 Å². The third-order valence-electron chi connectivity index (χ3n) is 1.75. The lowest BCUT2D eigenvalue weighted by Gasteiger charge is -2.05. The summed E-state index contributed by atoms with van der Waals surface area (Å²) in [5.41, 5.74) is 0.883.